The summed E-state index contributed by atoms with van der Waals surface area (Å²) in [4.78, 5) is 4.51. The molecule has 0 N–H and O–H groups in total. The Balaban J connectivity index is 2.34. The second-order valence-electron chi connectivity index (χ2n) is 3.07. The summed E-state index contributed by atoms with van der Waals surface area (Å²) in [6, 6.07) is 8.48. The summed E-state index contributed by atoms with van der Waals surface area (Å²) < 4.78 is 1.13. The fraction of sp³-hybridized carbons (Fsp3) is 0.182. The molecule has 1 heterocycles. The number of rotatable bonds is 2. The molecule has 0 radical (unpaired) electrons. The van der Waals surface area contributed by atoms with Crippen LogP contribution in [0.25, 0.3) is 11.3 Å². The van der Waals surface area contributed by atoms with Crippen molar-refractivity contribution in [1.29, 1.82) is 0 Å². The Morgan fingerprint density at radius 1 is 1.21 bits per heavy atom. The molecular weight excluding hydrogens is 210 g/mol. The lowest BCUT2D eigenvalue weighted by Crippen LogP contribution is -1.78. The molecule has 3 heteroatoms. The van der Waals surface area contributed by atoms with Gasteiger partial charge in [-0.05, 0) is 13.2 Å². The highest BCUT2D eigenvalue weighted by Gasteiger charge is 2.02. The Bertz CT molecular complexity index is 417. The lowest BCUT2D eigenvalue weighted by molar-refractivity contribution is 1.26. The SMILES string of the molecule is CSc1nc(-c2ccc(C)cc2)cs1. The molecule has 2 aromatic rings. The zero-order valence-electron chi connectivity index (χ0n) is 8.15. The van der Waals surface area contributed by atoms with Crippen LogP contribution in [-0.4, -0.2) is 11.2 Å². The van der Waals surface area contributed by atoms with E-state index in [4.69, 9.17) is 0 Å². The van der Waals surface area contributed by atoms with E-state index < -0.39 is 0 Å². The lowest BCUT2D eigenvalue weighted by Gasteiger charge is -1.96. The van der Waals surface area contributed by atoms with E-state index in [0.29, 0.717) is 0 Å². The predicted molar refractivity (Wildman–Crippen MR) is 64.1 cm³/mol. The van der Waals surface area contributed by atoms with Gasteiger partial charge < -0.3 is 0 Å². The number of hydrogen-bond donors (Lipinski definition) is 0. The van der Waals surface area contributed by atoms with E-state index in [2.05, 4.69) is 47.8 Å². The Morgan fingerprint density at radius 3 is 2.50 bits per heavy atom. The first-order chi connectivity index (χ1) is 6.79. The van der Waals surface area contributed by atoms with E-state index in [1.807, 2.05) is 0 Å². The number of thiazole rings is 1. The molecular formula is C11H11NS2. The van der Waals surface area contributed by atoms with Gasteiger partial charge in [0.1, 0.15) is 4.34 Å². The van der Waals surface area contributed by atoms with Crippen LogP contribution in [0, 0.1) is 6.92 Å². The number of aryl methyl sites for hydroxylation is 1. The van der Waals surface area contributed by atoms with Crippen LogP contribution < -0.4 is 0 Å². The summed E-state index contributed by atoms with van der Waals surface area (Å²) in [6.45, 7) is 2.10. The van der Waals surface area contributed by atoms with Crippen molar-refractivity contribution in [2.45, 2.75) is 11.3 Å². The first kappa shape index (κ1) is 9.74. The van der Waals surface area contributed by atoms with Crippen LogP contribution in [0.15, 0.2) is 34.0 Å². The second kappa shape index (κ2) is 4.15. The molecule has 0 aliphatic carbocycles. The van der Waals surface area contributed by atoms with Crippen LogP contribution in [-0.2, 0) is 0 Å². The lowest BCUT2D eigenvalue weighted by atomic mass is 10.1. The molecule has 0 unspecified atom stereocenters. The quantitative estimate of drug-likeness (QED) is 0.715. The largest absolute Gasteiger partial charge is 0.230 e. The highest BCUT2D eigenvalue weighted by atomic mass is 32.2. The van der Waals surface area contributed by atoms with Gasteiger partial charge in [0.2, 0.25) is 0 Å². The summed E-state index contributed by atoms with van der Waals surface area (Å²) in [7, 11) is 0. The van der Waals surface area contributed by atoms with E-state index in [0.717, 1.165) is 10.0 Å². The molecule has 1 aromatic carbocycles. The van der Waals surface area contributed by atoms with E-state index in [1.54, 1.807) is 23.1 Å². The fourth-order valence-electron chi connectivity index (χ4n) is 1.21. The van der Waals surface area contributed by atoms with Crippen molar-refractivity contribution in [3.05, 3.63) is 35.2 Å². The van der Waals surface area contributed by atoms with Crippen LogP contribution in [0.1, 0.15) is 5.56 Å². The van der Waals surface area contributed by atoms with Gasteiger partial charge in [-0.1, -0.05) is 41.6 Å². The van der Waals surface area contributed by atoms with Crippen molar-refractivity contribution in [2.75, 3.05) is 6.26 Å². The van der Waals surface area contributed by atoms with Gasteiger partial charge in [0, 0.05) is 10.9 Å². The van der Waals surface area contributed by atoms with Crippen molar-refractivity contribution in [2.24, 2.45) is 0 Å². The highest BCUT2D eigenvalue weighted by Crippen LogP contribution is 2.26. The van der Waals surface area contributed by atoms with Crippen molar-refractivity contribution in [3.8, 4) is 11.3 Å². The zero-order chi connectivity index (χ0) is 9.97. The summed E-state index contributed by atoms with van der Waals surface area (Å²) in [5.74, 6) is 0. The molecule has 0 aliphatic heterocycles. The van der Waals surface area contributed by atoms with Crippen LogP contribution in [0.4, 0.5) is 0 Å². The molecule has 0 bridgehead atoms. The van der Waals surface area contributed by atoms with Crippen molar-refractivity contribution in [3.63, 3.8) is 0 Å². The third-order valence-electron chi connectivity index (χ3n) is 2.01. The smallest absolute Gasteiger partial charge is 0.150 e. The Labute approximate surface area is 92.2 Å². The Morgan fingerprint density at radius 2 is 1.93 bits per heavy atom. The molecule has 1 nitrogen and oxygen atoms in total. The van der Waals surface area contributed by atoms with Gasteiger partial charge in [-0.3, -0.25) is 0 Å². The Kier molecular flexibility index (Phi) is 2.89. The molecule has 0 spiro atoms. The topological polar surface area (TPSA) is 12.9 Å². The average molecular weight is 221 g/mol. The summed E-state index contributed by atoms with van der Waals surface area (Å²) in [5.41, 5.74) is 3.57. The molecule has 1 aromatic heterocycles. The van der Waals surface area contributed by atoms with E-state index in [-0.39, 0.29) is 0 Å². The van der Waals surface area contributed by atoms with Crippen molar-refractivity contribution >= 4 is 23.1 Å². The van der Waals surface area contributed by atoms with Crippen molar-refractivity contribution in [1.82, 2.24) is 4.98 Å². The molecule has 72 valence electrons. The Hall–Kier alpha value is -0.800. The first-order valence-corrected chi connectivity index (χ1v) is 6.46. The second-order valence-corrected chi connectivity index (χ2v) is 4.98. The standard InChI is InChI=1S/C11H11NS2/c1-8-3-5-9(6-4-8)10-7-14-11(12-10)13-2/h3-7H,1-2H3. The minimum Gasteiger partial charge on any atom is -0.230 e. The van der Waals surface area contributed by atoms with E-state index in [1.165, 1.54) is 11.1 Å². The third kappa shape index (κ3) is 1.99. The molecule has 0 aliphatic rings. The van der Waals surface area contributed by atoms with Crippen LogP contribution in [0.5, 0.6) is 0 Å². The monoisotopic (exact) mass is 221 g/mol. The van der Waals surface area contributed by atoms with E-state index in [9.17, 15) is 0 Å². The highest BCUT2D eigenvalue weighted by molar-refractivity contribution is 8.00. The molecule has 0 atom stereocenters. The van der Waals surface area contributed by atoms with Gasteiger partial charge in [-0.25, -0.2) is 4.98 Å². The first-order valence-electron chi connectivity index (χ1n) is 4.36. The van der Waals surface area contributed by atoms with Crippen LogP contribution >= 0.6 is 23.1 Å². The number of aromatic nitrogens is 1. The van der Waals surface area contributed by atoms with Gasteiger partial charge in [-0.2, -0.15) is 0 Å². The van der Waals surface area contributed by atoms with Gasteiger partial charge in [0.25, 0.3) is 0 Å². The van der Waals surface area contributed by atoms with Crippen molar-refractivity contribution < 1.29 is 0 Å². The molecule has 0 fully saturated rings. The molecule has 0 saturated carbocycles. The normalized spacial score (nSPS) is 10.4. The minimum atomic E-state index is 1.08. The predicted octanol–water partition coefficient (Wildman–Crippen LogP) is 3.84. The molecule has 2 rings (SSSR count). The molecule has 0 saturated heterocycles. The average Bonchev–Trinajstić information content (AvgIpc) is 2.67. The number of nitrogens with zero attached hydrogens (tertiary/aromatic N) is 1. The maximum atomic E-state index is 4.51. The zero-order valence-corrected chi connectivity index (χ0v) is 9.78. The molecule has 0 amide bonds. The van der Waals surface area contributed by atoms with Gasteiger partial charge >= 0.3 is 0 Å². The van der Waals surface area contributed by atoms with E-state index >= 15 is 0 Å². The number of thioether (sulfide) groups is 1. The van der Waals surface area contributed by atoms with Gasteiger partial charge in [0.05, 0.1) is 5.69 Å². The summed E-state index contributed by atoms with van der Waals surface area (Å²) in [5, 5.41) is 2.11. The molecule has 14 heavy (non-hydrogen) atoms. The summed E-state index contributed by atoms with van der Waals surface area (Å²) in [6.07, 6.45) is 2.05. The minimum absolute atomic E-state index is 1.08. The fourth-order valence-corrected chi connectivity index (χ4v) is 2.48. The number of hydrogen-bond acceptors (Lipinski definition) is 3. The maximum Gasteiger partial charge on any atom is 0.150 e. The number of benzene rings is 1. The summed E-state index contributed by atoms with van der Waals surface area (Å²) >= 11 is 3.40. The van der Waals surface area contributed by atoms with Gasteiger partial charge in [0.15, 0.2) is 0 Å². The third-order valence-corrected chi connectivity index (χ3v) is 3.87. The van der Waals surface area contributed by atoms with Gasteiger partial charge in [-0.15, -0.1) is 11.3 Å². The van der Waals surface area contributed by atoms with Crippen LogP contribution in [0.2, 0.25) is 0 Å². The van der Waals surface area contributed by atoms with Crippen LogP contribution in [0.3, 0.4) is 0 Å². The maximum absolute atomic E-state index is 4.51.